The van der Waals surface area contributed by atoms with Gasteiger partial charge in [0.05, 0.1) is 22.1 Å². The standard InChI is InChI=1S/C48H30N2S/c1-5-13-42-37(9-1)38-10-2-6-14-43(38)49(42)35-25-21-33(22-26-35)31-17-19-32(20-18-31)34-23-27-36(28-24-34)50-44-15-7-3-12-41(44)47-45(50)30-29-40-39-11-4-8-16-46(39)51-48(40)47/h1-30H. The van der Waals surface area contributed by atoms with E-state index in [0.717, 1.165) is 0 Å². The monoisotopic (exact) mass is 666 g/mol. The Morgan fingerprint density at radius 1 is 0.294 bits per heavy atom. The highest BCUT2D eigenvalue weighted by Gasteiger charge is 2.17. The van der Waals surface area contributed by atoms with Crippen LogP contribution in [-0.2, 0) is 0 Å². The van der Waals surface area contributed by atoms with Crippen LogP contribution in [0.25, 0.3) is 97.4 Å². The summed E-state index contributed by atoms with van der Waals surface area (Å²) < 4.78 is 7.49. The van der Waals surface area contributed by atoms with E-state index in [-0.39, 0.29) is 0 Å². The third-order valence-corrected chi connectivity index (χ3v) is 11.8. The van der Waals surface area contributed by atoms with Gasteiger partial charge in [0.1, 0.15) is 0 Å². The van der Waals surface area contributed by atoms with Crippen molar-refractivity contribution >= 4 is 75.1 Å². The molecule has 11 aromatic rings. The van der Waals surface area contributed by atoms with Crippen LogP contribution >= 0.6 is 11.3 Å². The summed E-state index contributed by atoms with van der Waals surface area (Å²) in [7, 11) is 0. The summed E-state index contributed by atoms with van der Waals surface area (Å²) >= 11 is 1.90. The maximum atomic E-state index is 2.42. The summed E-state index contributed by atoms with van der Waals surface area (Å²) in [5.74, 6) is 0. The number of nitrogens with zero attached hydrogens (tertiary/aromatic N) is 2. The van der Waals surface area contributed by atoms with E-state index in [0.29, 0.717) is 0 Å². The molecule has 0 aliphatic carbocycles. The number of hydrogen-bond acceptors (Lipinski definition) is 1. The van der Waals surface area contributed by atoms with Crippen LogP contribution < -0.4 is 0 Å². The highest BCUT2D eigenvalue weighted by atomic mass is 32.1. The van der Waals surface area contributed by atoms with Gasteiger partial charge in [0.15, 0.2) is 0 Å². The normalized spacial score (nSPS) is 11.9. The topological polar surface area (TPSA) is 9.86 Å². The average Bonchev–Trinajstić information content (AvgIpc) is 3.86. The number of fused-ring (bicyclic) bond motifs is 10. The predicted molar refractivity (Wildman–Crippen MR) is 219 cm³/mol. The highest BCUT2D eigenvalue weighted by molar-refractivity contribution is 7.26. The lowest BCUT2D eigenvalue weighted by Gasteiger charge is -2.11. The molecule has 2 nitrogen and oxygen atoms in total. The maximum absolute atomic E-state index is 2.42. The number of benzene rings is 8. The molecule has 0 amide bonds. The molecule has 0 atom stereocenters. The second-order valence-electron chi connectivity index (χ2n) is 13.3. The second kappa shape index (κ2) is 11.0. The van der Waals surface area contributed by atoms with E-state index in [1.165, 1.54) is 97.4 Å². The zero-order chi connectivity index (χ0) is 33.5. The number of thiophene rings is 1. The predicted octanol–water partition coefficient (Wildman–Crippen LogP) is 13.6. The van der Waals surface area contributed by atoms with Gasteiger partial charge in [-0.3, -0.25) is 0 Å². The minimum Gasteiger partial charge on any atom is -0.309 e. The van der Waals surface area contributed by atoms with Gasteiger partial charge in [-0.25, -0.2) is 0 Å². The lowest BCUT2D eigenvalue weighted by Crippen LogP contribution is -1.94. The fourth-order valence-electron chi connectivity index (χ4n) is 8.17. The largest absolute Gasteiger partial charge is 0.309 e. The molecule has 0 bridgehead atoms. The van der Waals surface area contributed by atoms with Gasteiger partial charge in [0.25, 0.3) is 0 Å². The first-order valence-electron chi connectivity index (χ1n) is 17.4. The van der Waals surface area contributed by atoms with Crippen molar-refractivity contribution in [3.63, 3.8) is 0 Å². The van der Waals surface area contributed by atoms with E-state index in [1.807, 2.05) is 11.3 Å². The van der Waals surface area contributed by atoms with Gasteiger partial charge in [-0.15, -0.1) is 11.3 Å². The molecule has 0 aliphatic heterocycles. The Bertz CT molecular complexity index is 3050. The molecule has 0 radical (unpaired) electrons. The number of hydrogen-bond donors (Lipinski definition) is 0. The van der Waals surface area contributed by atoms with Crippen LogP contribution in [-0.4, -0.2) is 9.13 Å². The number of para-hydroxylation sites is 3. The summed E-state index contributed by atoms with van der Waals surface area (Å²) in [6.45, 7) is 0. The lowest BCUT2D eigenvalue weighted by atomic mass is 10.00. The van der Waals surface area contributed by atoms with Crippen LogP contribution in [0.1, 0.15) is 0 Å². The zero-order valence-electron chi connectivity index (χ0n) is 27.6. The smallest absolute Gasteiger partial charge is 0.0555 e. The summed E-state index contributed by atoms with van der Waals surface area (Å²) in [6, 6.07) is 66.5. The van der Waals surface area contributed by atoms with Crippen LogP contribution in [0.5, 0.6) is 0 Å². The molecule has 8 aromatic carbocycles. The Morgan fingerprint density at radius 3 is 1.25 bits per heavy atom. The molecule has 11 rings (SSSR count). The second-order valence-corrected chi connectivity index (χ2v) is 14.4. The Balaban J connectivity index is 0.924. The van der Waals surface area contributed by atoms with Crippen molar-refractivity contribution in [2.75, 3.05) is 0 Å². The Labute approximate surface area is 298 Å². The quantitative estimate of drug-likeness (QED) is 0.177. The first-order chi connectivity index (χ1) is 25.3. The fraction of sp³-hybridized carbons (Fsp3) is 0. The van der Waals surface area contributed by atoms with Crippen molar-refractivity contribution in [3.05, 3.63) is 182 Å². The van der Waals surface area contributed by atoms with Gasteiger partial charge < -0.3 is 9.13 Å². The van der Waals surface area contributed by atoms with E-state index in [1.54, 1.807) is 0 Å². The summed E-state index contributed by atoms with van der Waals surface area (Å²) in [4.78, 5) is 0. The molecule has 0 spiro atoms. The van der Waals surface area contributed by atoms with Crippen LogP contribution in [0, 0.1) is 0 Å². The molecule has 0 fully saturated rings. The van der Waals surface area contributed by atoms with E-state index in [4.69, 9.17) is 0 Å². The van der Waals surface area contributed by atoms with E-state index in [9.17, 15) is 0 Å². The zero-order valence-corrected chi connectivity index (χ0v) is 28.4. The third kappa shape index (κ3) is 4.29. The number of rotatable bonds is 4. The van der Waals surface area contributed by atoms with Crippen LogP contribution in [0.4, 0.5) is 0 Å². The molecular formula is C48H30N2S. The molecule has 3 aromatic heterocycles. The minimum atomic E-state index is 1.17. The van der Waals surface area contributed by atoms with Gasteiger partial charge in [0, 0.05) is 53.1 Å². The molecule has 238 valence electrons. The van der Waals surface area contributed by atoms with Gasteiger partial charge in [-0.05, 0) is 76.9 Å². The molecule has 51 heavy (non-hydrogen) atoms. The maximum Gasteiger partial charge on any atom is 0.0555 e. The van der Waals surface area contributed by atoms with E-state index in [2.05, 4.69) is 191 Å². The van der Waals surface area contributed by atoms with Crippen molar-refractivity contribution in [2.45, 2.75) is 0 Å². The van der Waals surface area contributed by atoms with Gasteiger partial charge in [0.2, 0.25) is 0 Å². The molecule has 3 heteroatoms. The summed E-state index contributed by atoms with van der Waals surface area (Å²) in [5, 5.41) is 7.88. The molecule has 3 heterocycles. The van der Waals surface area contributed by atoms with Crippen molar-refractivity contribution in [3.8, 4) is 33.6 Å². The SMILES string of the molecule is c1ccc2c(c1)sc1c2ccc2c1c1ccccc1n2-c1ccc(-c2ccc(-c3ccc(-n4c5ccccc5c5ccccc54)cc3)cc2)cc1. The van der Waals surface area contributed by atoms with Crippen LogP contribution in [0.2, 0.25) is 0 Å². The van der Waals surface area contributed by atoms with Crippen molar-refractivity contribution in [1.29, 1.82) is 0 Å². The average molecular weight is 667 g/mol. The van der Waals surface area contributed by atoms with Crippen LogP contribution in [0.3, 0.4) is 0 Å². The summed E-state index contributed by atoms with van der Waals surface area (Å²) in [6.07, 6.45) is 0. The van der Waals surface area contributed by atoms with Crippen molar-refractivity contribution in [1.82, 2.24) is 9.13 Å². The lowest BCUT2D eigenvalue weighted by molar-refractivity contribution is 1.18. The van der Waals surface area contributed by atoms with E-state index < -0.39 is 0 Å². The first kappa shape index (κ1) is 28.4. The molecule has 0 saturated heterocycles. The van der Waals surface area contributed by atoms with E-state index >= 15 is 0 Å². The Kier molecular flexibility index (Phi) is 6.16. The van der Waals surface area contributed by atoms with Crippen LogP contribution in [0.15, 0.2) is 182 Å². The third-order valence-electron chi connectivity index (χ3n) is 10.6. The molecule has 0 unspecified atom stereocenters. The minimum absolute atomic E-state index is 1.17. The molecule has 0 saturated carbocycles. The molecule has 0 N–H and O–H groups in total. The van der Waals surface area contributed by atoms with Gasteiger partial charge in [-0.2, -0.15) is 0 Å². The van der Waals surface area contributed by atoms with Crippen molar-refractivity contribution in [2.24, 2.45) is 0 Å². The fourth-order valence-corrected chi connectivity index (χ4v) is 9.43. The first-order valence-corrected chi connectivity index (χ1v) is 18.3. The highest BCUT2D eigenvalue weighted by Crippen LogP contribution is 2.43. The Hall–Kier alpha value is -6.42. The van der Waals surface area contributed by atoms with Gasteiger partial charge in [-0.1, -0.05) is 127 Å². The molecule has 0 aliphatic rings. The van der Waals surface area contributed by atoms with Gasteiger partial charge >= 0.3 is 0 Å². The Morgan fingerprint density at radius 2 is 0.706 bits per heavy atom. The summed E-state index contributed by atoms with van der Waals surface area (Å²) in [5.41, 5.74) is 12.1. The number of aromatic nitrogens is 2. The molecular weight excluding hydrogens is 637 g/mol. The van der Waals surface area contributed by atoms with Crippen molar-refractivity contribution < 1.29 is 0 Å².